The molecule has 0 spiro atoms. The number of aliphatic hydroxyl groups is 2. The van der Waals surface area contributed by atoms with Gasteiger partial charge in [0.15, 0.2) is 6.23 Å². The van der Waals surface area contributed by atoms with Gasteiger partial charge in [0, 0.05) is 37.0 Å². The van der Waals surface area contributed by atoms with Gasteiger partial charge in [0.2, 0.25) is 0 Å². The minimum absolute atomic E-state index is 0.00162. The maximum absolute atomic E-state index is 12.2. The van der Waals surface area contributed by atoms with Crippen LogP contribution in [0.2, 0.25) is 0 Å². The Bertz CT molecular complexity index is 1390. The monoisotopic (exact) mass is 547 g/mol. The molecule has 2 aromatic heterocycles. The number of H-pyrrole nitrogens is 2. The fourth-order valence-electron chi connectivity index (χ4n) is 4.00. The SMILES string of the molecule is Cc1cn([C@H]2C[C@H](O)[C@@H](COP(O)(=S)N3C[C@@H](CO)O[C@@H](n4ccc(=O)[nH]c4=O)C3)O2)c(=O)[nH]c1=O. The van der Waals surface area contributed by atoms with Crippen LogP contribution in [0.4, 0.5) is 0 Å². The molecule has 0 bridgehead atoms. The first kappa shape index (κ1) is 26.8. The van der Waals surface area contributed by atoms with E-state index in [1.54, 1.807) is 0 Å². The number of aryl methyl sites for hydroxylation is 1. The summed E-state index contributed by atoms with van der Waals surface area (Å²) >= 11 is 5.32. The number of nitrogens with zero attached hydrogens (tertiary/aromatic N) is 3. The summed E-state index contributed by atoms with van der Waals surface area (Å²) in [6.07, 6.45) is -2.04. The van der Waals surface area contributed by atoms with Gasteiger partial charge in [0.05, 0.1) is 32.0 Å². The zero-order valence-corrected chi connectivity index (χ0v) is 20.8. The van der Waals surface area contributed by atoms with Gasteiger partial charge in [-0.2, -0.15) is 0 Å². The number of hydrogen-bond acceptors (Lipinski definition) is 10. The molecule has 1 unspecified atom stereocenters. The number of aromatic amines is 2. The van der Waals surface area contributed by atoms with E-state index in [4.69, 9.17) is 25.8 Å². The number of aliphatic hydroxyl groups excluding tert-OH is 2. The highest BCUT2D eigenvalue weighted by atomic mass is 32.5. The van der Waals surface area contributed by atoms with E-state index >= 15 is 0 Å². The average molecular weight is 547 g/mol. The van der Waals surface area contributed by atoms with Crippen molar-refractivity contribution in [3.63, 3.8) is 0 Å². The Labute approximate surface area is 207 Å². The van der Waals surface area contributed by atoms with Crippen LogP contribution < -0.4 is 22.5 Å². The molecule has 6 atom stereocenters. The van der Waals surface area contributed by atoms with Crippen LogP contribution in [0.3, 0.4) is 0 Å². The molecule has 0 saturated carbocycles. The smallest absolute Gasteiger partial charge is 0.330 e. The van der Waals surface area contributed by atoms with E-state index in [0.29, 0.717) is 5.56 Å². The second kappa shape index (κ2) is 10.6. The lowest BCUT2D eigenvalue weighted by atomic mass is 10.2. The summed E-state index contributed by atoms with van der Waals surface area (Å²) in [7, 11) is 0. The molecule has 2 fully saturated rings. The zero-order chi connectivity index (χ0) is 26.2. The zero-order valence-electron chi connectivity index (χ0n) is 19.1. The van der Waals surface area contributed by atoms with Crippen molar-refractivity contribution in [1.82, 2.24) is 23.8 Å². The predicted molar refractivity (Wildman–Crippen MR) is 127 cm³/mol. The van der Waals surface area contributed by atoms with E-state index in [1.165, 1.54) is 24.0 Å². The van der Waals surface area contributed by atoms with Crippen molar-refractivity contribution in [3.05, 3.63) is 65.7 Å². The minimum Gasteiger partial charge on any atom is -0.394 e. The standard InChI is InChI=1S/C19H26N5O10PS/c1-10-5-24(19(30)21-17(10)28)15-4-12(26)13(34-15)9-32-35(31,36)22-6-11(8-25)33-16(7-22)23-3-2-14(27)20-18(23)29/h2-3,5,11-13,15-16,25-26H,4,6-9H2,1H3,(H,31,36)(H,20,27,29)(H,21,28,30)/t11-,12-,13+,15+,16+,35?/m0/s1. The van der Waals surface area contributed by atoms with E-state index in [1.807, 2.05) is 0 Å². The maximum atomic E-state index is 12.2. The van der Waals surface area contributed by atoms with E-state index in [-0.39, 0.29) is 26.1 Å². The third kappa shape index (κ3) is 5.66. The summed E-state index contributed by atoms with van der Waals surface area (Å²) in [6.45, 7) is -3.01. The van der Waals surface area contributed by atoms with Crippen LogP contribution in [-0.2, 0) is 25.8 Å². The molecule has 2 aromatic rings. The second-order valence-electron chi connectivity index (χ2n) is 8.48. The van der Waals surface area contributed by atoms with Gasteiger partial charge in [-0.25, -0.2) is 14.3 Å². The molecule has 0 aromatic carbocycles. The Morgan fingerprint density at radius 3 is 2.56 bits per heavy atom. The first-order valence-corrected chi connectivity index (χ1v) is 13.6. The number of morpholine rings is 1. The molecule has 0 radical (unpaired) electrons. The van der Waals surface area contributed by atoms with Crippen LogP contribution in [0.5, 0.6) is 0 Å². The van der Waals surface area contributed by atoms with Gasteiger partial charge in [-0.15, -0.1) is 0 Å². The summed E-state index contributed by atoms with van der Waals surface area (Å²) in [6, 6.07) is 1.13. The third-order valence-corrected chi connectivity index (χ3v) is 8.46. The molecule has 17 heteroatoms. The lowest BCUT2D eigenvalue weighted by molar-refractivity contribution is -0.122. The number of aromatic nitrogens is 4. The Balaban J connectivity index is 1.45. The first-order chi connectivity index (χ1) is 17.0. The van der Waals surface area contributed by atoms with Gasteiger partial charge in [-0.05, 0) is 18.7 Å². The van der Waals surface area contributed by atoms with Gasteiger partial charge in [-0.3, -0.25) is 28.7 Å². The van der Waals surface area contributed by atoms with Crippen molar-refractivity contribution >= 4 is 18.4 Å². The third-order valence-electron chi connectivity index (χ3n) is 5.92. The molecule has 2 aliphatic rings. The second-order valence-corrected chi connectivity index (χ2v) is 11.7. The predicted octanol–water partition coefficient (Wildman–Crippen LogP) is -2.53. The summed E-state index contributed by atoms with van der Waals surface area (Å²) in [4.78, 5) is 62.6. The number of rotatable bonds is 7. The van der Waals surface area contributed by atoms with E-state index < -0.39 is 66.5 Å². The largest absolute Gasteiger partial charge is 0.394 e. The lowest BCUT2D eigenvalue weighted by Gasteiger charge is -2.40. The maximum Gasteiger partial charge on any atom is 0.330 e. The molecule has 0 amide bonds. The average Bonchev–Trinajstić information content (AvgIpc) is 3.20. The lowest BCUT2D eigenvalue weighted by Crippen LogP contribution is -2.48. The Morgan fingerprint density at radius 2 is 1.86 bits per heavy atom. The fourth-order valence-corrected chi connectivity index (χ4v) is 5.82. The topological polar surface area (TPSA) is 201 Å². The van der Waals surface area contributed by atoms with Gasteiger partial charge < -0.3 is 29.1 Å². The summed E-state index contributed by atoms with van der Waals surface area (Å²) in [5.41, 5.74) is -2.25. The highest BCUT2D eigenvalue weighted by Gasteiger charge is 2.40. The van der Waals surface area contributed by atoms with Gasteiger partial charge in [0.25, 0.3) is 17.8 Å². The van der Waals surface area contributed by atoms with Crippen molar-refractivity contribution in [2.45, 2.75) is 44.1 Å². The number of hydrogen-bond donors (Lipinski definition) is 5. The molecule has 15 nitrogen and oxygen atoms in total. The van der Waals surface area contributed by atoms with Gasteiger partial charge in [0.1, 0.15) is 12.3 Å². The normalized spacial score (nSPS) is 28.7. The van der Waals surface area contributed by atoms with E-state index in [9.17, 15) is 34.3 Å². The Kier molecular flexibility index (Phi) is 7.89. The van der Waals surface area contributed by atoms with Crippen LogP contribution in [0, 0.1) is 6.92 Å². The number of nitrogens with one attached hydrogen (secondary N) is 2. The molecular formula is C19H26N5O10PS. The Morgan fingerprint density at radius 1 is 1.14 bits per heavy atom. The van der Waals surface area contributed by atoms with Crippen LogP contribution in [-0.4, -0.2) is 83.5 Å². The van der Waals surface area contributed by atoms with E-state index in [2.05, 4.69) is 9.97 Å². The molecular weight excluding hydrogens is 521 g/mol. The van der Waals surface area contributed by atoms with Gasteiger partial charge >= 0.3 is 11.4 Å². The van der Waals surface area contributed by atoms with Crippen LogP contribution >= 0.6 is 6.64 Å². The van der Waals surface area contributed by atoms with Crippen LogP contribution in [0.15, 0.2) is 37.6 Å². The summed E-state index contributed by atoms with van der Waals surface area (Å²) in [5, 5.41) is 20.1. The molecule has 2 aliphatic heterocycles. The Hall–Kier alpha value is -2.27. The molecule has 4 rings (SSSR count). The molecule has 0 aliphatic carbocycles. The highest BCUT2D eigenvalue weighted by Crippen LogP contribution is 2.49. The molecule has 4 heterocycles. The van der Waals surface area contributed by atoms with Crippen LogP contribution in [0.1, 0.15) is 24.4 Å². The van der Waals surface area contributed by atoms with Crippen LogP contribution in [0.25, 0.3) is 0 Å². The van der Waals surface area contributed by atoms with Crippen molar-refractivity contribution in [1.29, 1.82) is 0 Å². The summed E-state index contributed by atoms with van der Waals surface area (Å²) in [5.74, 6) is 0. The van der Waals surface area contributed by atoms with E-state index in [0.717, 1.165) is 15.2 Å². The molecule has 2 saturated heterocycles. The summed E-state index contributed by atoms with van der Waals surface area (Å²) < 4.78 is 20.7. The molecule has 198 valence electrons. The number of ether oxygens (including phenoxy) is 2. The fraction of sp³-hybridized carbons (Fsp3) is 0.579. The first-order valence-electron chi connectivity index (χ1n) is 10.9. The van der Waals surface area contributed by atoms with Crippen molar-refractivity contribution < 1.29 is 29.1 Å². The molecule has 36 heavy (non-hydrogen) atoms. The quantitative estimate of drug-likeness (QED) is 0.228. The van der Waals surface area contributed by atoms with Crippen molar-refractivity contribution in [2.24, 2.45) is 0 Å². The van der Waals surface area contributed by atoms with Crippen molar-refractivity contribution in [2.75, 3.05) is 26.3 Å². The molecule has 5 N–H and O–H groups in total. The minimum atomic E-state index is -3.71. The van der Waals surface area contributed by atoms with Crippen molar-refractivity contribution in [3.8, 4) is 0 Å². The van der Waals surface area contributed by atoms with Gasteiger partial charge in [-0.1, -0.05) is 0 Å². The highest BCUT2D eigenvalue weighted by molar-refractivity contribution is 8.08.